The van der Waals surface area contributed by atoms with Crippen molar-refractivity contribution in [1.29, 1.82) is 0 Å². The number of hydrogen-bond donors (Lipinski definition) is 4. The lowest BCUT2D eigenvalue weighted by Crippen LogP contribution is -2.43. The second kappa shape index (κ2) is 11.0. The minimum Gasteiger partial charge on any atom is -0.497 e. The molecule has 4 N–H and O–H groups in total. The summed E-state index contributed by atoms with van der Waals surface area (Å²) in [5.41, 5.74) is 1.32. The van der Waals surface area contributed by atoms with Gasteiger partial charge in [-0.2, -0.15) is 0 Å². The number of methoxy groups -OCH3 is 2. The molecule has 0 atom stereocenters. The number of likely N-dealkylation sites (N-methyl/N-ethyl adjacent to an activating group) is 1. The largest absolute Gasteiger partial charge is 0.497 e. The Labute approximate surface area is 215 Å². The maximum Gasteiger partial charge on any atom is 0.339 e. The number of hydrogen-bond acceptors (Lipinski definition) is 9. The van der Waals surface area contributed by atoms with E-state index in [0.29, 0.717) is 41.4 Å². The van der Waals surface area contributed by atoms with Crippen LogP contribution in [0.5, 0.6) is 11.5 Å². The summed E-state index contributed by atoms with van der Waals surface area (Å²) >= 11 is 0. The third-order valence-electron chi connectivity index (χ3n) is 6.05. The molecule has 0 radical (unpaired) electrons. The molecule has 1 aromatic carbocycles. The summed E-state index contributed by atoms with van der Waals surface area (Å²) < 4.78 is 10.6. The fourth-order valence-corrected chi connectivity index (χ4v) is 3.86. The van der Waals surface area contributed by atoms with E-state index in [1.54, 1.807) is 45.2 Å². The van der Waals surface area contributed by atoms with Gasteiger partial charge in [0.2, 0.25) is 0 Å². The number of nitrogens with one attached hydrogen (secondary N) is 3. The van der Waals surface area contributed by atoms with Crippen LogP contribution in [0.25, 0.3) is 0 Å². The topological polar surface area (TPSA) is 142 Å². The van der Waals surface area contributed by atoms with Crippen molar-refractivity contribution in [3.8, 4) is 11.5 Å². The lowest BCUT2D eigenvalue weighted by molar-refractivity contribution is -0.117. The van der Waals surface area contributed by atoms with Gasteiger partial charge < -0.3 is 35.4 Å². The highest BCUT2D eigenvalue weighted by Crippen LogP contribution is 2.28. The number of aromatic carboxylic acids is 1. The van der Waals surface area contributed by atoms with Crippen molar-refractivity contribution in [2.24, 2.45) is 0 Å². The number of rotatable bonds is 10. The molecule has 37 heavy (non-hydrogen) atoms. The van der Waals surface area contributed by atoms with Crippen LogP contribution in [0.1, 0.15) is 36.7 Å². The molecule has 1 aliphatic rings. The average Bonchev–Trinajstić information content (AvgIpc) is 3.07. The molecule has 0 aliphatic carbocycles. The second-order valence-electron chi connectivity index (χ2n) is 8.90. The lowest BCUT2D eigenvalue weighted by Gasteiger charge is -2.28. The molecule has 1 saturated heterocycles. The number of carboxylic acid groups (broad SMARTS) is 1. The molecule has 0 spiro atoms. The van der Waals surface area contributed by atoms with Gasteiger partial charge in [-0.15, -0.1) is 0 Å². The summed E-state index contributed by atoms with van der Waals surface area (Å²) in [5.74, 6) is 0.172. The number of pyridine rings is 1. The van der Waals surface area contributed by atoms with Crippen LogP contribution in [0.3, 0.4) is 0 Å². The Morgan fingerprint density at radius 2 is 1.97 bits per heavy atom. The molecule has 1 fully saturated rings. The SMILES string of the molecule is COc1ccc(CNc2cc(N/C(C=O)=C/C(C)=C3/C(=O)NC(C)(C)N3C)c(C(=O)O)cn2)c(OC)c1. The van der Waals surface area contributed by atoms with Gasteiger partial charge in [0.15, 0.2) is 6.29 Å². The molecule has 3 rings (SSSR count). The normalized spacial score (nSPS) is 16.1. The van der Waals surface area contributed by atoms with Gasteiger partial charge in [0.25, 0.3) is 5.91 Å². The molecule has 0 bridgehead atoms. The van der Waals surface area contributed by atoms with Crippen LogP contribution in [-0.2, 0) is 16.1 Å². The predicted octanol–water partition coefficient (Wildman–Crippen LogP) is 2.98. The molecule has 1 amide bonds. The van der Waals surface area contributed by atoms with E-state index in [9.17, 15) is 19.5 Å². The number of carbonyl (C=O) groups excluding carboxylic acids is 2. The summed E-state index contributed by atoms with van der Waals surface area (Å²) in [6.07, 6.45) is 3.26. The van der Waals surface area contributed by atoms with E-state index >= 15 is 0 Å². The maximum absolute atomic E-state index is 12.5. The number of ether oxygens (including phenoxy) is 2. The molecule has 0 saturated carbocycles. The number of carboxylic acids is 1. The Kier molecular flexibility index (Phi) is 8.06. The summed E-state index contributed by atoms with van der Waals surface area (Å²) in [7, 11) is 4.90. The van der Waals surface area contributed by atoms with E-state index in [0.717, 1.165) is 5.56 Å². The van der Waals surface area contributed by atoms with E-state index < -0.39 is 11.6 Å². The Bertz CT molecular complexity index is 1280. The van der Waals surface area contributed by atoms with E-state index in [1.807, 2.05) is 19.9 Å². The number of allylic oxidation sites excluding steroid dienone is 3. The summed E-state index contributed by atoms with van der Waals surface area (Å²) in [6.45, 7) is 5.77. The third kappa shape index (κ3) is 6.00. The quantitative estimate of drug-likeness (QED) is 0.279. The minimum absolute atomic E-state index is 0.0763. The van der Waals surface area contributed by atoms with Crippen LogP contribution in [0, 0.1) is 0 Å². The van der Waals surface area contributed by atoms with Crippen LogP contribution < -0.4 is 25.4 Å². The first-order valence-corrected chi connectivity index (χ1v) is 11.4. The Morgan fingerprint density at radius 1 is 1.24 bits per heavy atom. The molecule has 1 aliphatic heterocycles. The molecular weight excluding hydrogens is 478 g/mol. The van der Waals surface area contributed by atoms with Crippen molar-refractivity contribution in [2.45, 2.75) is 33.0 Å². The van der Waals surface area contributed by atoms with Crippen molar-refractivity contribution >= 4 is 29.7 Å². The molecular formula is C26H31N5O6. The number of amides is 1. The first kappa shape index (κ1) is 27.1. The monoisotopic (exact) mass is 509 g/mol. The fraction of sp³-hybridized carbons (Fsp3) is 0.308. The summed E-state index contributed by atoms with van der Waals surface area (Å²) in [6, 6.07) is 6.90. The standard InChI is InChI=1S/C26H31N5O6/c1-15(23-24(33)30-26(2,3)31(23)4)9-17(14-32)29-20-11-22(28-13-19(20)25(34)35)27-12-16-7-8-18(36-5)10-21(16)37-6/h7-11,13-14H,12H2,1-6H3,(H,30,33)(H,34,35)(H2,27,28,29)/b17-9+,23-15-. The van der Waals surface area contributed by atoms with Gasteiger partial charge in [-0.05, 0) is 44.6 Å². The zero-order valence-corrected chi connectivity index (χ0v) is 21.6. The average molecular weight is 510 g/mol. The van der Waals surface area contributed by atoms with Crippen LogP contribution in [0.2, 0.25) is 0 Å². The molecule has 2 heterocycles. The van der Waals surface area contributed by atoms with E-state index in [4.69, 9.17) is 9.47 Å². The highest BCUT2D eigenvalue weighted by molar-refractivity contribution is 5.98. The van der Waals surface area contributed by atoms with Gasteiger partial charge in [0.05, 0.1) is 25.6 Å². The Balaban J connectivity index is 1.89. The highest BCUT2D eigenvalue weighted by Gasteiger charge is 2.38. The van der Waals surface area contributed by atoms with Crippen LogP contribution in [0.15, 0.2) is 53.5 Å². The van der Waals surface area contributed by atoms with Gasteiger partial charge in [-0.3, -0.25) is 9.59 Å². The third-order valence-corrected chi connectivity index (χ3v) is 6.05. The van der Waals surface area contributed by atoms with Crippen LogP contribution in [0.4, 0.5) is 11.5 Å². The number of benzene rings is 1. The molecule has 196 valence electrons. The van der Waals surface area contributed by atoms with Crippen molar-refractivity contribution < 1.29 is 29.0 Å². The molecule has 1 aromatic heterocycles. The smallest absolute Gasteiger partial charge is 0.339 e. The van der Waals surface area contributed by atoms with Crippen molar-refractivity contribution in [2.75, 3.05) is 31.9 Å². The molecule has 0 unspecified atom stereocenters. The lowest BCUT2D eigenvalue weighted by atomic mass is 10.1. The van der Waals surface area contributed by atoms with Crippen molar-refractivity contribution in [1.82, 2.24) is 15.2 Å². The van der Waals surface area contributed by atoms with Gasteiger partial charge in [-0.25, -0.2) is 9.78 Å². The first-order valence-electron chi connectivity index (χ1n) is 11.4. The predicted molar refractivity (Wildman–Crippen MR) is 139 cm³/mol. The number of anilines is 2. The zero-order chi connectivity index (χ0) is 27.3. The first-order chi connectivity index (χ1) is 17.5. The molecule has 11 nitrogen and oxygen atoms in total. The van der Waals surface area contributed by atoms with Gasteiger partial charge >= 0.3 is 5.97 Å². The van der Waals surface area contributed by atoms with E-state index in [-0.39, 0.29) is 22.9 Å². The van der Waals surface area contributed by atoms with Gasteiger partial charge in [0, 0.05) is 37.5 Å². The summed E-state index contributed by atoms with van der Waals surface area (Å²) in [5, 5.41) is 18.5. The summed E-state index contributed by atoms with van der Waals surface area (Å²) in [4.78, 5) is 42.1. The van der Waals surface area contributed by atoms with Crippen LogP contribution >= 0.6 is 0 Å². The maximum atomic E-state index is 12.5. The Hall–Kier alpha value is -4.54. The molecule has 2 aromatic rings. The van der Waals surface area contributed by atoms with Gasteiger partial charge in [-0.1, -0.05) is 0 Å². The van der Waals surface area contributed by atoms with Crippen LogP contribution in [-0.4, -0.2) is 60.1 Å². The van der Waals surface area contributed by atoms with Gasteiger partial charge in [0.1, 0.15) is 34.2 Å². The number of carbonyl (C=O) groups is 3. The second-order valence-corrected chi connectivity index (χ2v) is 8.90. The fourth-order valence-electron chi connectivity index (χ4n) is 3.86. The Morgan fingerprint density at radius 3 is 2.54 bits per heavy atom. The molecule has 11 heteroatoms. The number of nitrogens with zero attached hydrogens (tertiary/aromatic N) is 2. The van der Waals surface area contributed by atoms with E-state index in [2.05, 4.69) is 20.9 Å². The van der Waals surface area contributed by atoms with Crippen molar-refractivity contribution in [3.05, 3.63) is 64.6 Å². The number of aldehydes is 1. The van der Waals surface area contributed by atoms with Crippen molar-refractivity contribution in [3.63, 3.8) is 0 Å². The van der Waals surface area contributed by atoms with E-state index in [1.165, 1.54) is 18.3 Å². The highest BCUT2D eigenvalue weighted by atomic mass is 16.5. The number of aromatic nitrogens is 1. The minimum atomic E-state index is -1.21. The zero-order valence-electron chi connectivity index (χ0n) is 21.6.